The highest BCUT2D eigenvalue weighted by Crippen LogP contribution is 2.32. The number of hydrogen-bond acceptors (Lipinski definition) is 5. The number of nitrogens with one attached hydrogen (secondary N) is 2. The highest BCUT2D eigenvalue weighted by molar-refractivity contribution is 14.0. The third kappa shape index (κ3) is 6.22. The second kappa shape index (κ2) is 11.6. The number of piperidine rings is 2. The predicted molar refractivity (Wildman–Crippen MR) is 129 cm³/mol. The summed E-state index contributed by atoms with van der Waals surface area (Å²) in [5.74, 6) is 3.91. The van der Waals surface area contributed by atoms with Crippen molar-refractivity contribution in [3.05, 3.63) is 11.6 Å². The van der Waals surface area contributed by atoms with Crippen LogP contribution in [-0.4, -0.2) is 69.4 Å². The molecule has 1 aromatic heterocycles. The van der Waals surface area contributed by atoms with Gasteiger partial charge in [0, 0.05) is 31.7 Å². The first-order valence-corrected chi connectivity index (χ1v) is 11.6. The van der Waals surface area contributed by atoms with Gasteiger partial charge in [0.2, 0.25) is 0 Å². The molecule has 1 aromatic rings. The van der Waals surface area contributed by atoms with Crippen LogP contribution in [0.25, 0.3) is 0 Å². The summed E-state index contributed by atoms with van der Waals surface area (Å²) in [5.41, 5.74) is 0. The van der Waals surface area contributed by atoms with E-state index < -0.39 is 0 Å². The maximum absolute atomic E-state index is 4.82. The van der Waals surface area contributed by atoms with Crippen LogP contribution >= 0.6 is 35.7 Å². The number of rotatable bonds is 7. The summed E-state index contributed by atoms with van der Waals surface area (Å²) in [6.45, 7) is 3.47. The minimum absolute atomic E-state index is 0. The van der Waals surface area contributed by atoms with Crippen LogP contribution in [0.5, 0.6) is 0 Å². The molecule has 3 rings (SSSR count). The first-order valence-electron chi connectivity index (χ1n) is 10.2. The van der Waals surface area contributed by atoms with E-state index in [1.165, 1.54) is 37.9 Å². The number of hydrogen-bond donors (Lipinski definition) is 2. The monoisotopic (exact) mass is 521 g/mol. The molecule has 0 amide bonds. The van der Waals surface area contributed by atoms with Gasteiger partial charge in [-0.25, -0.2) is 4.99 Å². The Morgan fingerprint density at radius 1 is 1.21 bits per heavy atom. The van der Waals surface area contributed by atoms with Gasteiger partial charge in [-0.1, -0.05) is 6.42 Å². The Morgan fingerprint density at radius 2 is 1.93 bits per heavy atom. The van der Waals surface area contributed by atoms with Crippen molar-refractivity contribution >= 4 is 41.7 Å². The molecule has 2 unspecified atom stereocenters. The van der Waals surface area contributed by atoms with Crippen LogP contribution in [0.4, 0.5) is 0 Å². The second-order valence-corrected chi connectivity index (χ2v) is 8.86. The molecule has 7 nitrogen and oxygen atoms in total. The summed E-state index contributed by atoms with van der Waals surface area (Å²) < 4.78 is 2.01. The second-order valence-electron chi connectivity index (χ2n) is 7.88. The molecule has 0 radical (unpaired) electrons. The number of halogens is 1. The van der Waals surface area contributed by atoms with Crippen LogP contribution in [-0.2, 0) is 13.6 Å². The lowest BCUT2D eigenvalue weighted by molar-refractivity contribution is 0.0526. The van der Waals surface area contributed by atoms with Crippen molar-refractivity contribution in [3.63, 3.8) is 0 Å². The molecule has 2 saturated heterocycles. The smallest absolute Gasteiger partial charge is 0.191 e. The van der Waals surface area contributed by atoms with E-state index in [2.05, 4.69) is 39.0 Å². The van der Waals surface area contributed by atoms with E-state index in [4.69, 9.17) is 4.99 Å². The Labute approximate surface area is 190 Å². The van der Waals surface area contributed by atoms with E-state index in [0.717, 1.165) is 30.6 Å². The van der Waals surface area contributed by atoms with Gasteiger partial charge in [0.1, 0.15) is 12.4 Å². The summed E-state index contributed by atoms with van der Waals surface area (Å²) in [7, 11) is 4.30. The minimum Gasteiger partial charge on any atom is -0.356 e. The quantitative estimate of drug-likeness (QED) is 0.249. The predicted octanol–water partition coefficient (Wildman–Crippen LogP) is 2.55. The van der Waals surface area contributed by atoms with Crippen LogP contribution in [0.1, 0.15) is 50.2 Å². The van der Waals surface area contributed by atoms with Gasteiger partial charge in [-0.3, -0.25) is 0 Å². The fourth-order valence-electron chi connectivity index (χ4n) is 4.24. The number of thioether (sulfide) groups is 1. The summed E-state index contributed by atoms with van der Waals surface area (Å²) in [6, 6.07) is 1.94. The fourth-order valence-corrected chi connectivity index (χ4v) is 4.67. The van der Waals surface area contributed by atoms with Crippen LogP contribution < -0.4 is 10.6 Å². The molecule has 2 atom stereocenters. The van der Waals surface area contributed by atoms with Gasteiger partial charge in [0.05, 0.1) is 0 Å². The van der Waals surface area contributed by atoms with Crippen LogP contribution in [0.2, 0.25) is 0 Å². The first-order chi connectivity index (χ1) is 13.1. The molecule has 2 fully saturated rings. The molecule has 0 spiro atoms. The van der Waals surface area contributed by atoms with Crippen LogP contribution in [0.15, 0.2) is 4.99 Å². The number of aliphatic imine (C=N–C) groups is 1. The third-order valence-corrected chi connectivity index (χ3v) is 6.76. The average Bonchev–Trinajstić information content (AvgIpc) is 2.96. The Balaban J connectivity index is 0.00000280. The molecule has 0 aliphatic carbocycles. The van der Waals surface area contributed by atoms with E-state index in [9.17, 15) is 0 Å². The molecule has 2 bridgehead atoms. The highest BCUT2D eigenvalue weighted by atomic mass is 127. The highest BCUT2D eigenvalue weighted by Gasteiger charge is 2.36. The summed E-state index contributed by atoms with van der Waals surface area (Å²) in [5, 5.41) is 15.6. The van der Waals surface area contributed by atoms with Crippen molar-refractivity contribution < 1.29 is 0 Å². The Hall–Kier alpha value is -0.550. The van der Waals surface area contributed by atoms with Crippen molar-refractivity contribution in [2.24, 2.45) is 12.0 Å². The normalized spacial score (nSPS) is 25.3. The number of guanidine groups is 1. The summed E-state index contributed by atoms with van der Waals surface area (Å²) in [6.07, 6.45) is 9.76. The molecule has 0 saturated carbocycles. The summed E-state index contributed by atoms with van der Waals surface area (Å²) >= 11 is 1.89. The van der Waals surface area contributed by atoms with E-state index >= 15 is 0 Å². The number of aryl methyl sites for hydroxylation is 1. The molecule has 2 N–H and O–H groups in total. The van der Waals surface area contributed by atoms with Gasteiger partial charge in [-0.05, 0) is 58.1 Å². The largest absolute Gasteiger partial charge is 0.356 e. The molecule has 9 heteroatoms. The third-order valence-electron chi connectivity index (χ3n) is 6.06. The number of aromatic nitrogens is 3. The van der Waals surface area contributed by atoms with Crippen molar-refractivity contribution in [1.82, 2.24) is 30.3 Å². The Morgan fingerprint density at radius 3 is 2.54 bits per heavy atom. The van der Waals surface area contributed by atoms with Crippen molar-refractivity contribution in [2.75, 3.05) is 25.6 Å². The molecule has 160 valence electrons. The molecule has 2 aliphatic rings. The van der Waals surface area contributed by atoms with Gasteiger partial charge < -0.3 is 20.1 Å². The maximum atomic E-state index is 4.82. The van der Waals surface area contributed by atoms with Crippen LogP contribution in [0.3, 0.4) is 0 Å². The molecule has 28 heavy (non-hydrogen) atoms. The molecule has 2 aliphatic heterocycles. The van der Waals surface area contributed by atoms with Crippen molar-refractivity contribution in [3.8, 4) is 0 Å². The molecular formula is C19H36IN7S. The SMILES string of the molecule is CSCCCNC(=NCc1nnc(C)n1C)NC1CC2CCCC(C1)N2C.I. The van der Waals surface area contributed by atoms with Gasteiger partial charge in [-0.15, -0.1) is 34.2 Å². The molecular weight excluding hydrogens is 485 g/mol. The Kier molecular flexibility index (Phi) is 9.82. The summed E-state index contributed by atoms with van der Waals surface area (Å²) in [4.78, 5) is 7.43. The van der Waals surface area contributed by atoms with Gasteiger partial charge >= 0.3 is 0 Å². The van der Waals surface area contributed by atoms with Gasteiger partial charge in [0.15, 0.2) is 11.8 Å². The first kappa shape index (κ1) is 23.7. The van der Waals surface area contributed by atoms with E-state index in [0.29, 0.717) is 24.7 Å². The molecule has 3 heterocycles. The zero-order valence-electron chi connectivity index (χ0n) is 17.6. The zero-order valence-corrected chi connectivity index (χ0v) is 20.8. The number of nitrogens with zero attached hydrogens (tertiary/aromatic N) is 5. The van der Waals surface area contributed by atoms with Crippen molar-refractivity contribution in [1.29, 1.82) is 0 Å². The average molecular weight is 522 g/mol. The van der Waals surface area contributed by atoms with Gasteiger partial charge in [0.25, 0.3) is 0 Å². The van der Waals surface area contributed by atoms with E-state index in [1.807, 2.05) is 30.3 Å². The Bertz CT molecular complexity index is 622. The van der Waals surface area contributed by atoms with E-state index in [1.54, 1.807) is 0 Å². The lowest BCUT2D eigenvalue weighted by Gasteiger charge is -2.47. The molecule has 0 aromatic carbocycles. The lowest BCUT2D eigenvalue weighted by atomic mass is 9.82. The topological polar surface area (TPSA) is 70.4 Å². The standard InChI is InChI=1S/C19H35N7S.HI/c1-14-23-24-18(25(14)2)13-21-19(20-9-6-10-27-4)22-15-11-16-7-5-8-17(12-15)26(16)3;/h15-17H,5-13H2,1-4H3,(H2,20,21,22);1H. The van der Waals surface area contributed by atoms with Crippen molar-refractivity contribution in [2.45, 2.75) is 70.1 Å². The number of fused-ring (bicyclic) bond motifs is 2. The zero-order chi connectivity index (χ0) is 19.2. The maximum Gasteiger partial charge on any atom is 0.191 e. The van der Waals surface area contributed by atoms with Crippen LogP contribution in [0, 0.1) is 6.92 Å². The lowest BCUT2D eigenvalue weighted by Crippen LogP contribution is -2.56. The minimum atomic E-state index is 0. The van der Waals surface area contributed by atoms with Gasteiger partial charge in [-0.2, -0.15) is 11.8 Å². The van der Waals surface area contributed by atoms with E-state index in [-0.39, 0.29) is 24.0 Å². The fraction of sp³-hybridized carbons (Fsp3) is 0.842.